The van der Waals surface area contributed by atoms with Crippen LogP contribution in [0.1, 0.15) is 0 Å². The Balaban J connectivity index is 3.03. The molecule has 0 saturated heterocycles. The van der Waals surface area contributed by atoms with E-state index in [9.17, 15) is 0 Å². The van der Waals surface area contributed by atoms with Crippen molar-refractivity contribution in [2.24, 2.45) is 10.7 Å². The zero-order chi connectivity index (χ0) is 9.84. The molecule has 13 heavy (non-hydrogen) atoms. The van der Waals surface area contributed by atoms with Gasteiger partial charge in [0.2, 0.25) is 5.96 Å². The first-order valence-corrected chi connectivity index (χ1v) is 4.08. The number of aliphatic imine (C=N–C) groups is 1. The van der Waals surface area contributed by atoms with Crippen LogP contribution in [-0.2, 0) is 0 Å². The van der Waals surface area contributed by atoms with Gasteiger partial charge in [-0.25, -0.2) is 10.5 Å². The predicted molar refractivity (Wildman–Crippen MR) is 52.7 cm³/mol. The summed E-state index contributed by atoms with van der Waals surface area (Å²) < 4.78 is 0. The molecule has 0 unspecified atom stereocenters. The molecular weight excluding hydrogens is 213 g/mol. The Morgan fingerprint density at radius 2 is 2.15 bits per heavy atom. The lowest BCUT2D eigenvalue weighted by Gasteiger charge is -2.00. The van der Waals surface area contributed by atoms with Gasteiger partial charge in [-0.1, -0.05) is 23.2 Å². The van der Waals surface area contributed by atoms with Gasteiger partial charge in [-0.15, -0.1) is 0 Å². The number of nitrogens with one attached hydrogen (secondary N) is 1. The Hall–Kier alpha value is -0.970. The van der Waals surface area contributed by atoms with Crippen molar-refractivity contribution < 1.29 is 5.21 Å². The fourth-order valence-corrected chi connectivity index (χ4v) is 1.18. The third kappa shape index (κ3) is 2.77. The van der Waals surface area contributed by atoms with E-state index in [2.05, 4.69) is 4.99 Å². The molecule has 0 spiro atoms. The Morgan fingerprint density at radius 1 is 1.46 bits per heavy atom. The first kappa shape index (κ1) is 10.1. The van der Waals surface area contributed by atoms with Crippen molar-refractivity contribution in [2.45, 2.75) is 0 Å². The number of nitrogens with two attached hydrogens (primary N) is 1. The first-order chi connectivity index (χ1) is 6.13. The van der Waals surface area contributed by atoms with E-state index in [4.69, 9.17) is 34.1 Å². The van der Waals surface area contributed by atoms with Crippen LogP contribution in [0.5, 0.6) is 0 Å². The van der Waals surface area contributed by atoms with Crippen LogP contribution < -0.4 is 11.2 Å². The maximum absolute atomic E-state index is 8.37. The number of hydrogen-bond acceptors (Lipinski definition) is 2. The van der Waals surface area contributed by atoms with E-state index < -0.39 is 0 Å². The van der Waals surface area contributed by atoms with E-state index in [1.54, 1.807) is 17.6 Å². The van der Waals surface area contributed by atoms with Crippen LogP contribution in [0, 0.1) is 0 Å². The SMILES string of the molecule is NC(=Nc1ccc(Cl)cc1Cl)NO. The lowest BCUT2D eigenvalue weighted by atomic mass is 10.3. The van der Waals surface area contributed by atoms with Crippen LogP contribution in [0.15, 0.2) is 23.2 Å². The molecule has 0 amide bonds. The summed E-state index contributed by atoms with van der Waals surface area (Å²) in [6.45, 7) is 0. The summed E-state index contributed by atoms with van der Waals surface area (Å²) in [5.74, 6) is -0.135. The van der Waals surface area contributed by atoms with E-state index in [1.807, 2.05) is 0 Å². The van der Waals surface area contributed by atoms with Crippen molar-refractivity contribution in [1.82, 2.24) is 5.48 Å². The highest BCUT2D eigenvalue weighted by Crippen LogP contribution is 2.27. The minimum Gasteiger partial charge on any atom is -0.368 e. The molecule has 0 aliphatic heterocycles. The van der Waals surface area contributed by atoms with Gasteiger partial charge in [0.1, 0.15) is 0 Å². The molecule has 0 aromatic heterocycles. The summed E-state index contributed by atoms with van der Waals surface area (Å²) in [5, 5.41) is 9.25. The number of halogens is 2. The van der Waals surface area contributed by atoms with Crippen molar-refractivity contribution >= 4 is 34.8 Å². The van der Waals surface area contributed by atoms with E-state index in [-0.39, 0.29) is 5.96 Å². The van der Waals surface area contributed by atoms with Gasteiger partial charge in [0.15, 0.2) is 0 Å². The topological polar surface area (TPSA) is 70.6 Å². The minimum absolute atomic E-state index is 0.135. The number of guanidine groups is 1. The van der Waals surface area contributed by atoms with Crippen LogP contribution in [-0.4, -0.2) is 11.2 Å². The van der Waals surface area contributed by atoms with Gasteiger partial charge in [0.05, 0.1) is 10.7 Å². The van der Waals surface area contributed by atoms with Crippen LogP contribution >= 0.6 is 23.2 Å². The molecule has 0 radical (unpaired) electrons. The number of rotatable bonds is 1. The largest absolute Gasteiger partial charge is 0.368 e. The molecule has 0 atom stereocenters. The first-order valence-electron chi connectivity index (χ1n) is 3.33. The van der Waals surface area contributed by atoms with Crippen LogP contribution in [0.3, 0.4) is 0 Å². The summed E-state index contributed by atoms with van der Waals surface area (Å²) in [7, 11) is 0. The lowest BCUT2D eigenvalue weighted by Crippen LogP contribution is -2.27. The summed E-state index contributed by atoms with van der Waals surface area (Å²) in [5.41, 5.74) is 7.34. The highest BCUT2D eigenvalue weighted by Gasteiger charge is 1.99. The van der Waals surface area contributed by atoms with Crippen molar-refractivity contribution in [3.63, 3.8) is 0 Å². The summed E-state index contributed by atoms with van der Waals surface area (Å²) in [6, 6.07) is 4.75. The molecule has 0 fully saturated rings. The average molecular weight is 220 g/mol. The molecule has 1 aromatic carbocycles. The summed E-state index contributed by atoms with van der Waals surface area (Å²) in [4.78, 5) is 3.76. The number of hydroxylamine groups is 1. The van der Waals surface area contributed by atoms with Crippen molar-refractivity contribution in [3.8, 4) is 0 Å². The van der Waals surface area contributed by atoms with E-state index in [0.29, 0.717) is 15.7 Å². The molecule has 1 rings (SSSR count). The van der Waals surface area contributed by atoms with Gasteiger partial charge in [0, 0.05) is 5.02 Å². The summed E-state index contributed by atoms with van der Waals surface area (Å²) >= 11 is 11.4. The van der Waals surface area contributed by atoms with Gasteiger partial charge >= 0.3 is 0 Å². The molecule has 0 heterocycles. The van der Waals surface area contributed by atoms with E-state index in [1.165, 1.54) is 6.07 Å². The fraction of sp³-hybridized carbons (Fsp3) is 0. The Kier molecular flexibility index (Phi) is 3.36. The molecule has 4 N–H and O–H groups in total. The molecule has 6 heteroatoms. The molecule has 0 aliphatic carbocycles. The minimum atomic E-state index is -0.135. The van der Waals surface area contributed by atoms with Crippen molar-refractivity contribution in [2.75, 3.05) is 0 Å². The second-order valence-electron chi connectivity index (χ2n) is 2.20. The monoisotopic (exact) mass is 219 g/mol. The fourth-order valence-electron chi connectivity index (χ4n) is 0.727. The zero-order valence-corrected chi connectivity index (χ0v) is 7.97. The van der Waals surface area contributed by atoms with E-state index in [0.717, 1.165) is 0 Å². The van der Waals surface area contributed by atoms with Gasteiger partial charge in [0.25, 0.3) is 0 Å². The molecule has 0 bridgehead atoms. The normalized spacial score (nSPS) is 11.5. The third-order valence-corrected chi connectivity index (χ3v) is 1.80. The highest BCUT2D eigenvalue weighted by atomic mass is 35.5. The highest BCUT2D eigenvalue weighted by molar-refractivity contribution is 6.36. The zero-order valence-electron chi connectivity index (χ0n) is 6.46. The van der Waals surface area contributed by atoms with Gasteiger partial charge in [-0.2, -0.15) is 0 Å². The van der Waals surface area contributed by atoms with Crippen LogP contribution in [0.25, 0.3) is 0 Å². The van der Waals surface area contributed by atoms with Crippen molar-refractivity contribution in [1.29, 1.82) is 0 Å². The number of hydrogen-bond donors (Lipinski definition) is 3. The average Bonchev–Trinajstić information content (AvgIpc) is 2.09. The number of benzene rings is 1. The quantitative estimate of drug-likeness (QED) is 0.384. The van der Waals surface area contributed by atoms with Crippen LogP contribution in [0.2, 0.25) is 10.0 Å². The van der Waals surface area contributed by atoms with Gasteiger partial charge in [-0.3, -0.25) is 5.21 Å². The Bertz CT molecular complexity index is 341. The maximum Gasteiger partial charge on any atom is 0.218 e. The maximum atomic E-state index is 8.37. The molecular formula is C7H7Cl2N3O. The molecule has 1 aromatic rings. The standard InChI is InChI=1S/C7H7Cl2N3O/c8-4-1-2-6(5(9)3-4)11-7(10)12-13/h1-3,13H,(H3,10,11,12). The molecule has 0 saturated carbocycles. The second-order valence-corrected chi connectivity index (χ2v) is 3.05. The molecule has 70 valence electrons. The van der Waals surface area contributed by atoms with Crippen LogP contribution in [0.4, 0.5) is 5.69 Å². The van der Waals surface area contributed by atoms with Gasteiger partial charge in [-0.05, 0) is 18.2 Å². The van der Waals surface area contributed by atoms with Crippen molar-refractivity contribution in [3.05, 3.63) is 28.2 Å². The Morgan fingerprint density at radius 3 is 2.69 bits per heavy atom. The Labute approximate surface area is 84.9 Å². The molecule has 0 aliphatic rings. The predicted octanol–water partition coefficient (Wildman–Crippen LogP) is 1.92. The van der Waals surface area contributed by atoms with Gasteiger partial charge < -0.3 is 5.73 Å². The molecule has 4 nitrogen and oxygen atoms in total. The summed E-state index contributed by atoms with van der Waals surface area (Å²) in [6.07, 6.45) is 0. The smallest absolute Gasteiger partial charge is 0.218 e. The van der Waals surface area contributed by atoms with E-state index >= 15 is 0 Å². The third-order valence-electron chi connectivity index (χ3n) is 1.27. The lowest BCUT2D eigenvalue weighted by molar-refractivity contribution is 0.233. The second kappa shape index (κ2) is 4.32. The number of nitrogens with zero attached hydrogens (tertiary/aromatic N) is 1.